The highest BCUT2D eigenvalue weighted by molar-refractivity contribution is 14.1. The molecule has 2 aliphatic carbocycles. The van der Waals surface area contributed by atoms with Crippen LogP contribution in [0.3, 0.4) is 0 Å². The number of halogens is 1. The molecule has 0 spiro atoms. The van der Waals surface area contributed by atoms with Crippen LogP contribution in [0.15, 0.2) is 12.2 Å². The third-order valence-corrected chi connectivity index (χ3v) is 6.54. The fraction of sp³-hybridized carbons (Fsp3) is 0.750. The molecule has 2 fully saturated rings. The lowest BCUT2D eigenvalue weighted by Gasteiger charge is -2.62. The predicted molar refractivity (Wildman–Crippen MR) is 70.0 cm³/mol. The van der Waals surface area contributed by atoms with Crippen molar-refractivity contribution in [2.45, 2.75) is 42.1 Å². The maximum Gasteiger partial charge on any atom is 0.154 e. The van der Waals surface area contributed by atoms with Gasteiger partial charge in [-0.25, -0.2) is 0 Å². The third-order valence-electron chi connectivity index (χ3n) is 4.17. The fourth-order valence-corrected chi connectivity index (χ4v) is 4.36. The number of Topliss-reactive ketones (excluding diaryl/α,β-unsaturated/α-hetero) is 1. The van der Waals surface area contributed by atoms with Crippen molar-refractivity contribution in [1.82, 2.24) is 0 Å². The van der Waals surface area contributed by atoms with Gasteiger partial charge in [0.2, 0.25) is 0 Å². The fourth-order valence-electron chi connectivity index (χ4n) is 3.31. The number of carbonyl (C=O) groups excluding carboxylic acids is 1. The quantitative estimate of drug-likeness (QED) is 0.458. The number of rotatable bonds is 1. The second-order valence-electron chi connectivity index (χ2n) is 5.29. The number of hydrogen-bond acceptors (Lipinski definition) is 2. The molecule has 84 valence electrons. The van der Waals surface area contributed by atoms with Gasteiger partial charge in [-0.15, -0.1) is 0 Å². The Labute approximate surface area is 105 Å². The van der Waals surface area contributed by atoms with E-state index in [1.807, 2.05) is 0 Å². The largest absolute Gasteiger partial charge is 0.323 e. The van der Waals surface area contributed by atoms with E-state index in [-0.39, 0.29) is 5.54 Å². The van der Waals surface area contributed by atoms with Crippen LogP contribution in [-0.4, -0.2) is 14.7 Å². The minimum atomic E-state index is -0.460. The molecule has 3 unspecified atom stereocenters. The summed E-state index contributed by atoms with van der Waals surface area (Å²) in [6.45, 7) is 8.40. The normalized spacial score (nSPS) is 45.3. The van der Waals surface area contributed by atoms with Crippen molar-refractivity contribution < 1.29 is 4.79 Å². The smallest absolute Gasteiger partial charge is 0.154 e. The Kier molecular flexibility index (Phi) is 2.54. The highest BCUT2D eigenvalue weighted by Gasteiger charge is 2.67. The first-order chi connectivity index (χ1) is 6.84. The molecule has 3 heteroatoms. The van der Waals surface area contributed by atoms with Gasteiger partial charge in [0, 0.05) is 12.0 Å². The molecular formula is C12H18INO. The minimum absolute atomic E-state index is 0.291. The standard InChI is InChI=1S/C12H18INO/c1-7(2)9-4-5-10(15)12(13)8(3)6-11(9,12)14/h7,9H,3-6,14H2,1-2H3. The SMILES string of the molecule is C=C1CC2(N)C(C(C)C)CCC(=O)C12I. The summed E-state index contributed by atoms with van der Waals surface area (Å²) >= 11 is 2.25. The van der Waals surface area contributed by atoms with E-state index in [1.54, 1.807) is 0 Å². The molecule has 0 aromatic rings. The maximum absolute atomic E-state index is 12.0. The Bertz CT molecular complexity index is 339. The molecule has 2 rings (SSSR count). The predicted octanol–water partition coefficient (Wildman–Crippen LogP) is 2.45. The van der Waals surface area contributed by atoms with Crippen molar-refractivity contribution in [1.29, 1.82) is 0 Å². The summed E-state index contributed by atoms with van der Waals surface area (Å²) in [7, 11) is 0. The Morgan fingerprint density at radius 1 is 1.60 bits per heavy atom. The first-order valence-corrected chi connectivity index (χ1v) is 6.61. The molecule has 0 heterocycles. The summed E-state index contributed by atoms with van der Waals surface area (Å²) in [5, 5.41) is 0. The Balaban J connectivity index is 2.40. The summed E-state index contributed by atoms with van der Waals surface area (Å²) in [5.41, 5.74) is 7.18. The average molecular weight is 319 g/mol. The molecular weight excluding hydrogens is 301 g/mol. The van der Waals surface area contributed by atoms with Gasteiger partial charge in [-0.3, -0.25) is 4.79 Å². The summed E-state index contributed by atoms with van der Waals surface area (Å²) in [6.07, 6.45) is 2.44. The van der Waals surface area contributed by atoms with E-state index in [9.17, 15) is 4.79 Å². The van der Waals surface area contributed by atoms with Crippen molar-refractivity contribution >= 4 is 28.4 Å². The topological polar surface area (TPSA) is 43.1 Å². The van der Waals surface area contributed by atoms with Gasteiger partial charge in [0.1, 0.15) is 3.42 Å². The maximum atomic E-state index is 12.0. The van der Waals surface area contributed by atoms with Gasteiger partial charge in [-0.1, -0.05) is 48.6 Å². The van der Waals surface area contributed by atoms with Crippen LogP contribution in [0.4, 0.5) is 0 Å². The van der Waals surface area contributed by atoms with Crippen molar-refractivity contribution in [2.24, 2.45) is 17.6 Å². The van der Waals surface area contributed by atoms with Gasteiger partial charge >= 0.3 is 0 Å². The second-order valence-corrected chi connectivity index (χ2v) is 6.91. The Morgan fingerprint density at radius 2 is 2.20 bits per heavy atom. The third kappa shape index (κ3) is 1.22. The Hall–Kier alpha value is 0.100. The molecule has 2 saturated carbocycles. The molecule has 15 heavy (non-hydrogen) atoms. The number of carbonyl (C=O) groups is 1. The average Bonchev–Trinajstić information content (AvgIpc) is 2.14. The highest BCUT2D eigenvalue weighted by atomic mass is 127. The van der Waals surface area contributed by atoms with Crippen LogP contribution in [0.2, 0.25) is 0 Å². The zero-order valence-corrected chi connectivity index (χ0v) is 11.5. The second kappa shape index (κ2) is 3.29. The van der Waals surface area contributed by atoms with Crippen LogP contribution >= 0.6 is 22.6 Å². The van der Waals surface area contributed by atoms with E-state index in [1.165, 1.54) is 0 Å². The molecule has 0 saturated heterocycles. The van der Waals surface area contributed by atoms with Crippen molar-refractivity contribution in [3.8, 4) is 0 Å². The van der Waals surface area contributed by atoms with E-state index in [0.29, 0.717) is 24.0 Å². The van der Waals surface area contributed by atoms with Crippen molar-refractivity contribution in [3.05, 3.63) is 12.2 Å². The minimum Gasteiger partial charge on any atom is -0.323 e. The number of nitrogens with two attached hydrogens (primary N) is 1. The molecule has 3 atom stereocenters. The zero-order valence-electron chi connectivity index (χ0n) is 9.35. The summed E-state index contributed by atoms with van der Waals surface area (Å²) in [5.74, 6) is 1.29. The van der Waals surface area contributed by atoms with Crippen LogP contribution in [0.1, 0.15) is 33.1 Å². The number of fused-ring (bicyclic) bond motifs is 1. The molecule has 0 aliphatic heterocycles. The highest BCUT2D eigenvalue weighted by Crippen LogP contribution is 2.60. The lowest BCUT2D eigenvalue weighted by Crippen LogP contribution is -2.76. The molecule has 0 aromatic carbocycles. The molecule has 2 N–H and O–H groups in total. The molecule has 0 aromatic heterocycles. The van der Waals surface area contributed by atoms with E-state index in [2.05, 4.69) is 43.0 Å². The van der Waals surface area contributed by atoms with E-state index in [0.717, 1.165) is 18.4 Å². The van der Waals surface area contributed by atoms with Gasteiger partial charge in [0.25, 0.3) is 0 Å². The van der Waals surface area contributed by atoms with Gasteiger partial charge < -0.3 is 5.73 Å². The monoisotopic (exact) mass is 319 g/mol. The van der Waals surface area contributed by atoms with E-state index in [4.69, 9.17) is 5.73 Å². The van der Waals surface area contributed by atoms with Crippen LogP contribution in [-0.2, 0) is 4.79 Å². The summed E-state index contributed by atoms with van der Waals surface area (Å²) < 4.78 is -0.460. The number of ketones is 1. The lowest BCUT2D eigenvalue weighted by molar-refractivity contribution is -0.128. The number of hydrogen-bond donors (Lipinski definition) is 1. The van der Waals surface area contributed by atoms with Crippen LogP contribution in [0.25, 0.3) is 0 Å². The first kappa shape index (κ1) is 11.6. The summed E-state index contributed by atoms with van der Waals surface area (Å²) in [4.78, 5) is 12.0. The molecule has 2 nitrogen and oxygen atoms in total. The van der Waals surface area contributed by atoms with Crippen molar-refractivity contribution in [2.75, 3.05) is 0 Å². The van der Waals surface area contributed by atoms with E-state index < -0.39 is 3.42 Å². The van der Waals surface area contributed by atoms with Crippen LogP contribution < -0.4 is 5.73 Å². The number of alkyl halides is 1. The molecule has 2 aliphatic rings. The van der Waals surface area contributed by atoms with Gasteiger partial charge in [0.05, 0.1) is 0 Å². The van der Waals surface area contributed by atoms with Gasteiger partial charge in [-0.05, 0) is 24.7 Å². The van der Waals surface area contributed by atoms with Crippen molar-refractivity contribution in [3.63, 3.8) is 0 Å². The first-order valence-electron chi connectivity index (χ1n) is 5.53. The van der Waals surface area contributed by atoms with E-state index >= 15 is 0 Å². The molecule has 0 bridgehead atoms. The lowest BCUT2D eigenvalue weighted by atomic mass is 9.50. The van der Waals surface area contributed by atoms with Gasteiger partial charge in [0.15, 0.2) is 5.78 Å². The summed E-state index contributed by atoms with van der Waals surface area (Å²) in [6, 6.07) is 0. The van der Waals surface area contributed by atoms with Crippen LogP contribution in [0.5, 0.6) is 0 Å². The molecule has 0 amide bonds. The van der Waals surface area contributed by atoms with Gasteiger partial charge in [-0.2, -0.15) is 0 Å². The molecule has 0 radical (unpaired) electrons. The zero-order chi connectivity index (χ0) is 11.4. The Morgan fingerprint density at radius 3 is 2.67 bits per heavy atom. The van der Waals surface area contributed by atoms with Crippen LogP contribution in [0, 0.1) is 11.8 Å².